The summed E-state index contributed by atoms with van der Waals surface area (Å²) in [5, 5.41) is 2.01. The molecule has 1 atom stereocenters. The molecule has 0 radical (unpaired) electrons. The van der Waals surface area contributed by atoms with Crippen LogP contribution in [0.1, 0.15) is 65.2 Å². The molecule has 1 aliphatic carbocycles. The molecule has 2 aliphatic rings. The maximum atomic E-state index is 13.2. The average molecular weight is 409 g/mol. The number of halogens is 1. The lowest BCUT2D eigenvalue weighted by atomic mass is 9.93. The molecule has 0 aromatic rings. The number of likely N-dealkylation sites (tertiary alicyclic amines) is 1. The van der Waals surface area contributed by atoms with Gasteiger partial charge in [-0.3, -0.25) is 4.79 Å². The molecule has 7 heteroatoms. The van der Waals surface area contributed by atoms with Gasteiger partial charge in [-0.2, -0.15) is 0 Å². The van der Waals surface area contributed by atoms with E-state index in [4.69, 9.17) is 0 Å². The van der Waals surface area contributed by atoms with Gasteiger partial charge in [0.25, 0.3) is 0 Å². The van der Waals surface area contributed by atoms with Gasteiger partial charge < -0.3 is 10.2 Å². The van der Waals surface area contributed by atoms with Gasteiger partial charge in [0, 0.05) is 13.1 Å². The van der Waals surface area contributed by atoms with E-state index in [1.165, 1.54) is 0 Å². The van der Waals surface area contributed by atoms with Crippen LogP contribution in [0.3, 0.4) is 0 Å². The van der Waals surface area contributed by atoms with Gasteiger partial charge in [0.05, 0.1) is 5.25 Å². The van der Waals surface area contributed by atoms with Gasteiger partial charge in [-0.25, -0.2) is 8.42 Å². The van der Waals surface area contributed by atoms with Crippen LogP contribution >= 0.6 is 12.4 Å². The highest BCUT2D eigenvalue weighted by Gasteiger charge is 2.43. The number of sulfone groups is 1. The molecule has 1 N–H and O–H groups in total. The summed E-state index contributed by atoms with van der Waals surface area (Å²) in [6.45, 7) is 6.17. The SMILES string of the molecule is CNCCC1CCN(C(=O)C(C(C)C)S(=O)(=O)C2CCCCC2)CC1.Cl. The predicted octanol–water partition coefficient (Wildman–Crippen LogP) is 3.03. The van der Waals surface area contributed by atoms with Crippen LogP contribution in [0.4, 0.5) is 0 Å². The quantitative estimate of drug-likeness (QED) is 0.703. The van der Waals surface area contributed by atoms with Crippen molar-refractivity contribution in [1.82, 2.24) is 10.2 Å². The average Bonchev–Trinajstić information content (AvgIpc) is 2.60. The van der Waals surface area contributed by atoms with E-state index < -0.39 is 15.1 Å². The molecule has 1 amide bonds. The number of nitrogens with one attached hydrogen (secondary N) is 1. The number of amides is 1. The third-order valence-corrected chi connectivity index (χ3v) is 8.80. The first kappa shape index (κ1) is 23.7. The second kappa shape index (κ2) is 10.9. The van der Waals surface area contributed by atoms with Crippen LogP contribution in [0.2, 0.25) is 0 Å². The fourth-order valence-corrected chi connectivity index (χ4v) is 6.97. The van der Waals surface area contributed by atoms with Crippen LogP contribution in [0.15, 0.2) is 0 Å². The van der Waals surface area contributed by atoms with Crippen molar-refractivity contribution in [2.75, 3.05) is 26.7 Å². The van der Waals surface area contributed by atoms with Gasteiger partial charge in [0.2, 0.25) is 5.91 Å². The largest absolute Gasteiger partial charge is 0.342 e. The van der Waals surface area contributed by atoms with E-state index in [-0.39, 0.29) is 29.5 Å². The molecule has 0 aromatic heterocycles. The standard InChI is InChI=1S/C19H36N2O3S.ClH/c1-15(2)18(25(23,24)17-7-5-4-6-8-17)19(22)21-13-10-16(11-14-21)9-12-20-3;/h15-18,20H,4-14H2,1-3H3;1H. The molecule has 1 saturated carbocycles. The van der Waals surface area contributed by atoms with Crippen LogP contribution in [-0.4, -0.2) is 56.4 Å². The number of piperidine rings is 1. The molecule has 0 aromatic carbocycles. The summed E-state index contributed by atoms with van der Waals surface area (Å²) in [5.41, 5.74) is 0. The Morgan fingerprint density at radius 1 is 1.08 bits per heavy atom. The molecule has 1 saturated heterocycles. The van der Waals surface area contributed by atoms with Crippen molar-refractivity contribution < 1.29 is 13.2 Å². The predicted molar refractivity (Wildman–Crippen MR) is 110 cm³/mol. The van der Waals surface area contributed by atoms with Crippen molar-refractivity contribution in [2.45, 2.75) is 75.7 Å². The lowest BCUT2D eigenvalue weighted by Crippen LogP contribution is -2.51. The van der Waals surface area contributed by atoms with Gasteiger partial charge in [0.1, 0.15) is 5.25 Å². The molecule has 154 valence electrons. The number of carbonyl (C=O) groups is 1. The molecule has 1 heterocycles. The van der Waals surface area contributed by atoms with Crippen molar-refractivity contribution >= 4 is 28.2 Å². The molecule has 2 rings (SSSR count). The monoisotopic (exact) mass is 408 g/mol. The molecule has 0 spiro atoms. The third kappa shape index (κ3) is 5.83. The van der Waals surface area contributed by atoms with Crippen LogP contribution in [0.25, 0.3) is 0 Å². The van der Waals surface area contributed by atoms with Gasteiger partial charge in [-0.05, 0) is 57.5 Å². The van der Waals surface area contributed by atoms with E-state index in [1.807, 2.05) is 25.8 Å². The normalized spacial score (nSPS) is 21.5. The van der Waals surface area contributed by atoms with E-state index in [0.29, 0.717) is 19.0 Å². The Balaban J connectivity index is 0.00000338. The number of nitrogens with zero attached hydrogens (tertiary/aromatic N) is 1. The summed E-state index contributed by atoms with van der Waals surface area (Å²) in [5.74, 6) is 0.332. The number of carbonyl (C=O) groups excluding carboxylic acids is 1. The first-order valence-corrected chi connectivity index (χ1v) is 11.6. The minimum atomic E-state index is -3.40. The van der Waals surface area contributed by atoms with E-state index in [1.54, 1.807) is 0 Å². The molecular weight excluding hydrogens is 372 g/mol. The molecule has 5 nitrogen and oxygen atoms in total. The number of rotatable bonds is 7. The van der Waals surface area contributed by atoms with Gasteiger partial charge in [-0.15, -0.1) is 12.4 Å². The highest BCUT2D eigenvalue weighted by Crippen LogP contribution is 2.31. The van der Waals surface area contributed by atoms with Gasteiger partial charge in [-0.1, -0.05) is 33.1 Å². The summed E-state index contributed by atoms with van der Waals surface area (Å²) in [7, 11) is -1.44. The summed E-state index contributed by atoms with van der Waals surface area (Å²) in [4.78, 5) is 14.9. The second-order valence-corrected chi connectivity index (χ2v) is 10.5. The van der Waals surface area contributed by atoms with Crippen molar-refractivity contribution in [3.63, 3.8) is 0 Å². The minimum absolute atomic E-state index is 0. The first-order chi connectivity index (χ1) is 11.9. The van der Waals surface area contributed by atoms with E-state index in [2.05, 4.69) is 5.32 Å². The van der Waals surface area contributed by atoms with Crippen molar-refractivity contribution in [2.24, 2.45) is 11.8 Å². The van der Waals surface area contributed by atoms with E-state index >= 15 is 0 Å². The Morgan fingerprint density at radius 3 is 2.15 bits per heavy atom. The zero-order valence-corrected chi connectivity index (χ0v) is 18.2. The highest BCUT2D eigenvalue weighted by atomic mass is 35.5. The summed E-state index contributed by atoms with van der Waals surface area (Å²) in [6.07, 6.45) is 7.62. The summed E-state index contributed by atoms with van der Waals surface area (Å²) >= 11 is 0. The lowest BCUT2D eigenvalue weighted by Gasteiger charge is -2.36. The molecular formula is C19H37ClN2O3S. The summed E-state index contributed by atoms with van der Waals surface area (Å²) < 4.78 is 26.3. The molecule has 2 fully saturated rings. The molecule has 1 aliphatic heterocycles. The fraction of sp³-hybridized carbons (Fsp3) is 0.947. The minimum Gasteiger partial charge on any atom is -0.342 e. The van der Waals surface area contributed by atoms with Crippen LogP contribution < -0.4 is 5.32 Å². The van der Waals surface area contributed by atoms with Gasteiger partial charge in [0.15, 0.2) is 9.84 Å². The van der Waals surface area contributed by atoms with Crippen LogP contribution in [0.5, 0.6) is 0 Å². The Labute approximate surface area is 166 Å². The fourth-order valence-electron chi connectivity index (χ4n) is 4.38. The molecule has 0 bridgehead atoms. The lowest BCUT2D eigenvalue weighted by molar-refractivity contribution is -0.132. The molecule has 1 unspecified atom stereocenters. The number of hydrogen-bond acceptors (Lipinski definition) is 4. The second-order valence-electron chi connectivity index (χ2n) is 8.17. The first-order valence-electron chi connectivity index (χ1n) is 10.0. The maximum absolute atomic E-state index is 13.2. The Hall–Kier alpha value is -0.330. The Kier molecular flexibility index (Phi) is 9.91. The highest BCUT2D eigenvalue weighted by molar-refractivity contribution is 7.93. The smallest absolute Gasteiger partial charge is 0.241 e. The molecule has 26 heavy (non-hydrogen) atoms. The zero-order valence-electron chi connectivity index (χ0n) is 16.6. The Bertz CT molecular complexity index is 525. The van der Waals surface area contributed by atoms with Crippen molar-refractivity contribution in [1.29, 1.82) is 0 Å². The van der Waals surface area contributed by atoms with Crippen molar-refractivity contribution in [3.8, 4) is 0 Å². The number of hydrogen-bond donors (Lipinski definition) is 1. The zero-order chi connectivity index (χ0) is 18.4. The van der Waals surface area contributed by atoms with E-state index in [9.17, 15) is 13.2 Å². The topological polar surface area (TPSA) is 66.5 Å². The third-order valence-electron chi connectivity index (χ3n) is 5.95. The van der Waals surface area contributed by atoms with Crippen molar-refractivity contribution in [3.05, 3.63) is 0 Å². The van der Waals surface area contributed by atoms with Gasteiger partial charge >= 0.3 is 0 Å². The summed E-state index contributed by atoms with van der Waals surface area (Å²) in [6, 6.07) is 0. The van der Waals surface area contributed by atoms with E-state index in [0.717, 1.165) is 57.9 Å². The van der Waals surface area contributed by atoms with Crippen LogP contribution in [0, 0.1) is 11.8 Å². The maximum Gasteiger partial charge on any atom is 0.241 e. The van der Waals surface area contributed by atoms with Crippen LogP contribution in [-0.2, 0) is 14.6 Å². The Morgan fingerprint density at radius 2 is 1.65 bits per heavy atom.